The smallest absolute Gasteiger partial charge is 0.268 e. The van der Waals surface area contributed by atoms with Crippen molar-refractivity contribution in [3.63, 3.8) is 0 Å². The Bertz CT molecular complexity index is 638. The van der Waals surface area contributed by atoms with E-state index in [1.54, 1.807) is 18.5 Å². The van der Waals surface area contributed by atoms with Crippen LogP contribution in [0.5, 0.6) is 0 Å². The fourth-order valence-corrected chi connectivity index (χ4v) is 1.59. The lowest BCUT2D eigenvalue weighted by molar-refractivity contribution is 0.732. The highest BCUT2D eigenvalue weighted by atomic mass is 16.1. The van der Waals surface area contributed by atoms with Gasteiger partial charge in [0.25, 0.3) is 5.56 Å². The van der Waals surface area contributed by atoms with E-state index in [1.807, 2.05) is 25.1 Å². The number of rotatable bonds is 2. The number of aromatic nitrogens is 2. The predicted molar refractivity (Wildman–Crippen MR) is 63.5 cm³/mol. The van der Waals surface area contributed by atoms with Gasteiger partial charge < -0.3 is 4.57 Å². The minimum atomic E-state index is -0.278. The summed E-state index contributed by atoms with van der Waals surface area (Å²) in [6.07, 6.45) is 3.36. The zero-order valence-corrected chi connectivity index (χ0v) is 9.42. The standard InChI is InChI=1S/C13H11N3O/c1-10-4-2-6-15-12(10)9-16-7-3-5-11(8-14)13(16)17/h2-7H,9H2,1H3. The third-order valence-electron chi connectivity index (χ3n) is 2.58. The molecule has 0 bridgehead atoms. The second-order valence-corrected chi connectivity index (χ2v) is 3.73. The van der Waals surface area contributed by atoms with Crippen molar-refractivity contribution < 1.29 is 0 Å². The van der Waals surface area contributed by atoms with Crippen LogP contribution in [0, 0.1) is 18.3 Å². The van der Waals surface area contributed by atoms with Gasteiger partial charge in [-0.25, -0.2) is 0 Å². The highest BCUT2D eigenvalue weighted by Crippen LogP contribution is 2.04. The Kier molecular flexibility index (Phi) is 3.01. The summed E-state index contributed by atoms with van der Waals surface area (Å²) in [5.74, 6) is 0. The largest absolute Gasteiger partial charge is 0.308 e. The quantitative estimate of drug-likeness (QED) is 0.777. The molecule has 2 rings (SSSR count). The topological polar surface area (TPSA) is 58.7 Å². The molecule has 17 heavy (non-hydrogen) atoms. The summed E-state index contributed by atoms with van der Waals surface area (Å²) in [5.41, 5.74) is 1.74. The molecule has 4 nitrogen and oxygen atoms in total. The molecule has 0 amide bonds. The molecule has 2 aromatic rings. The second-order valence-electron chi connectivity index (χ2n) is 3.73. The molecule has 0 unspecified atom stereocenters. The van der Waals surface area contributed by atoms with E-state index in [-0.39, 0.29) is 11.1 Å². The SMILES string of the molecule is Cc1cccnc1Cn1cccc(C#N)c1=O. The third-order valence-corrected chi connectivity index (χ3v) is 2.58. The molecule has 0 saturated carbocycles. The van der Waals surface area contributed by atoms with Gasteiger partial charge >= 0.3 is 0 Å². The van der Waals surface area contributed by atoms with Gasteiger partial charge in [0.05, 0.1) is 12.2 Å². The maximum atomic E-state index is 11.8. The summed E-state index contributed by atoms with van der Waals surface area (Å²) in [4.78, 5) is 16.1. The summed E-state index contributed by atoms with van der Waals surface area (Å²) >= 11 is 0. The lowest BCUT2D eigenvalue weighted by Crippen LogP contribution is -2.22. The Morgan fingerprint density at radius 2 is 2.24 bits per heavy atom. The number of hydrogen-bond donors (Lipinski definition) is 0. The fourth-order valence-electron chi connectivity index (χ4n) is 1.59. The summed E-state index contributed by atoms with van der Waals surface area (Å²) < 4.78 is 1.49. The van der Waals surface area contributed by atoms with Crippen LogP contribution < -0.4 is 5.56 Å². The van der Waals surface area contributed by atoms with Gasteiger partial charge in [0.15, 0.2) is 0 Å². The van der Waals surface area contributed by atoms with Gasteiger partial charge in [-0.1, -0.05) is 6.07 Å². The molecule has 2 heterocycles. The lowest BCUT2D eigenvalue weighted by atomic mass is 10.2. The average molecular weight is 225 g/mol. The molecule has 84 valence electrons. The van der Waals surface area contributed by atoms with Gasteiger partial charge in [-0.15, -0.1) is 0 Å². The van der Waals surface area contributed by atoms with E-state index in [1.165, 1.54) is 10.6 Å². The molecular weight excluding hydrogens is 214 g/mol. The number of aryl methyl sites for hydroxylation is 1. The molecule has 0 N–H and O–H groups in total. The average Bonchev–Trinajstić information content (AvgIpc) is 2.34. The van der Waals surface area contributed by atoms with Gasteiger partial charge in [-0.2, -0.15) is 5.26 Å². The number of pyridine rings is 2. The van der Waals surface area contributed by atoms with Crippen LogP contribution in [0.2, 0.25) is 0 Å². The first kappa shape index (κ1) is 11.1. The molecule has 4 heteroatoms. The van der Waals surface area contributed by atoms with E-state index in [4.69, 9.17) is 5.26 Å². The molecule has 0 saturated heterocycles. The molecule has 0 spiro atoms. The summed E-state index contributed by atoms with van der Waals surface area (Å²) in [6, 6.07) is 8.89. The molecule has 0 aliphatic rings. The van der Waals surface area contributed by atoms with Crippen molar-refractivity contribution in [3.05, 3.63) is 63.8 Å². The van der Waals surface area contributed by atoms with Crippen LogP contribution in [0.15, 0.2) is 41.5 Å². The van der Waals surface area contributed by atoms with Crippen LogP contribution in [0.3, 0.4) is 0 Å². The summed E-state index contributed by atoms with van der Waals surface area (Å²) in [6.45, 7) is 2.34. The first-order chi connectivity index (χ1) is 8.22. The van der Waals surface area contributed by atoms with Crippen molar-refractivity contribution in [1.29, 1.82) is 5.26 Å². The van der Waals surface area contributed by atoms with Gasteiger partial charge in [0, 0.05) is 12.4 Å². The zero-order chi connectivity index (χ0) is 12.3. The maximum Gasteiger partial charge on any atom is 0.268 e. The molecule has 0 atom stereocenters. The van der Waals surface area contributed by atoms with Gasteiger partial charge in [-0.3, -0.25) is 9.78 Å². The lowest BCUT2D eigenvalue weighted by Gasteiger charge is -2.07. The molecule has 0 aromatic carbocycles. The van der Waals surface area contributed by atoms with Gasteiger partial charge in [0.1, 0.15) is 11.6 Å². The number of hydrogen-bond acceptors (Lipinski definition) is 3. The van der Waals surface area contributed by atoms with E-state index in [9.17, 15) is 4.79 Å². The normalized spacial score (nSPS) is 9.88. The second kappa shape index (κ2) is 4.62. The Hall–Kier alpha value is -2.41. The van der Waals surface area contributed by atoms with Crippen molar-refractivity contribution in [3.8, 4) is 6.07 Å². The minimum Gasteiger partial charge on any atom is -0.308 e. The monoisotopic (exact) mass is 225 g/mol. The molecular formula is C13H11N3O. The highest BCUT2D eigenvalue weighted by molar-refractivity contribution is 5.26. The van der Waals surface area contributed by atoms with E-state index in [0.29, 0.717) is 6.54 Å². The highest BCUT2D eigenvalue weighted by Gasteiger charge is 2.04. The van der Waals surface area contributed by atoms with Crippen molar-refractivity contribution in [2.24, 2.45) is 0 Å². The van der Waals surface area contributed by atoms with Crippen LogP contribution in [0.1, 0.15) is 16.8 Å². The Labute approximate surface area is 98.8 Å². The van der Waals surface area contributed by atoms with E-state index in [2.05, 4.69) is 4.98 Å². The predicted octanol–water partition coefficient (Wildman–Crippen LogP) is 1.47. The van der Waals surface area contributed by atoms with Crippen molar-refractivity contribution >= 4 is 0 Å². The van der Waals surface area contributed by atoms with Crippen molar-refractivity contribution in [2.75, 3.05) is 0 Å². The van der Waals surface area contributed by atoms with Crippen LogP contribution >= 0.6 is 0 Å². The minimum absolute atomic E-state index is 0.154. The molecule has 2 aromatic heterocycles. The van der Waals surface area contributed by atoms with Gasteiger partial charge in [-0.05, 0) is 30.7 Å². The number of nitrogens with zero attached hydrogens (tertiary/aromatic N) is 3. The molecule has 0 aliphatic carbocycles. The maximum absolute atomic E-state index is 11.8. The third kappa shape index (κ3) is 2.23. The zero-order valence-electron chi connectivity index (χ0n) is 9.42. The van der Waals surface area contributed by atoms with Crippen LogP contribution in [0.25, 0.3) is 0 Å². The van der Waals surface area contributed by atoms with E-state index >= 15 is 0 Å². The summed E-state index contributed by atoms with van der Waals surface area (Å²) in [7, 11) is 0. The Morgan fingerprint density at radius 1 is 1.41 bits per heavy atom. The molecule has 0 fully saturated rings. The number of nitriles is 1. The first-order valence-corrected chi connectivity index (χ1v) is 5.22. The van der Waals surface area contributed by atoms with Crippen LogP contribution in [0.4, 0.5) is 0 Å². The van der Waals surface area contributed by atoms with Gasteiger partial charge in [0.2, 0.25) is 0 Å². The Balaban J connectivity index is 2.42. The van der Waals surface area contributed by atoms with Crippen LogP contribution in [-0.2, 0) is 6.54 Å². The fraction of sp³-hybridized carbons (Fsp3) is 0.154. The van der Waals surface area contributed by atoms with Crippen molar-refractivity contribution in [2.45, 2.75) is 13.5 Å². The Morgan fingerprint density at radius 3 is 2.94 bits per heavy atom. The molecule has 0 aliphatic heterocycles. The van der Waals surface area contributed by atoms with E-state index < -0.39 is 0 Å². The van der Waals surface area contributed by atoms with E-state index in [0.717, 1.165) is 11.3 Å². The summed E-state index contributed by atoms with van der Waals surface area (Å²) in [5, 5.41) is 8.78. The first-order valence-electron chi connectivity index (χ1n) is 5.22. The molecule has 0 radical (unpaired) electrons. The van der Waals surface area contributed by atoms with Crippen molar-refractivity contribution in [1.82, 2.24) is 9.55 Å². The van der Waals surface area contributed by atoms with Crippen LogP contribution in [-0.4, -0.2) is 9.55 Å².